The molecule has 17 heavy (non-hydrogen) atoms. The Kier molecular flexibility index (Phi) is 3.58. The van der Waals surface area contributed by atoms with Crippen molar-refractivity contribution in [2.75, 3.05) is 7.11 Å². The van der Waals surface area contributed by atoms with E-state index in [4.69, 9.17) is 4.74 Å². The van der Waals surface area contributed by atoms with Crippen LogP contribution in [0.2, 0.25) is 0 Å². The zero-order chi connectivity index (χ0) is 12.6. The zero-order valence-corrected chi connectivity index (χ0v) is 12.4. The second kappa shape index (κ2) is 4.82. The molecule has 5 heteroatoms. The Hall–Kier alpha value is -0.810. The van der Waals surface area contributed by atoms with Crippen molar-refractivity contribution in [1.29, 1.82) is 0 Å². The predicted octanol–water partition coefficient (Wildman–Crippen LogP) is 3.55. The van der Waals surface area contributed by atoms with Crippen LogP contribution in [0.1, 0.15) is 25.3 Å². The minimum atomic E-state index is 0.0771. The zero-order valence-electron chi connectivity index (χ0n) is 9.99. The smallest absolute Gasteiger partial charge is 0.269 e. The molecule has 2 rings (SSSR count). The first-order valence-corrected chi connectivity index (χ1v) is 7.25. The van der Waals surface area contributed by atoms with Crippen LogP contribution in [0.4, 0.5) is 0 Å². The average Bonchev–Trinajstić information content (AvgIpc) is 2.64. The minimum Gasteiger partial charge on any atom is -0.497 e. The third-order valence-electron chi connectivity index (χ3n) is 2.72. The molecule has 0 aliphatic heterocycles. The molecule has 0 saturated carbocycles. The van der Waals surface area contributed by atoms with Crippen molar-refractivity contribution < 1.29 is 4.74 Å². The van der Waals surface area contributed by atoms with Gasteiger partial charge in [-0.2, -0.15) is 0 Å². The molecular weight excluding hydrogens is 302 g/mol. The topological polar surface area (TPSA) is 31.2 Å². The summed E-state index contributed by atoms with van der Waals surface area (Å²) in [7, 11) is 1.65. The van der Waals surface area contributed by atoms with Gasteiger partial charge < -0.3 is 4.74 Å². The van der Waals surface area contributed by atoms with Crippen LogP contribution in [0.15, 0.2) is 16.9 Å². The van der Waals surface area contributed by atoms with E-state index < -0.39 is 0 Å². The summed E-state index contributed by atoms with van der Waals surface area (Å²) in [6, 6.07) is 3.88. The fourth-order valence-corrected chi connectivity index (χ4v) is 3.31. The lowest BCUT2D eigenvalue weighted by molar-refractivity contribution is 0.415. The molecule has 3 nitrogen and oxygen atoms in total. The van der Waals surface area contributed by atoms with Crippen LogP contribution >= 0.6 is 27.5 Å². The molecule has 0 saturated heterocycles. The van der Waals surface area contributed by atoms with Gasteiger partial charge in [0.25, 0.3) is 5.56 Å². The van der Waals surface area contributed by atoms with Crippen LogP contribution in [0.25, 0.3) is 10.1 Å². The summed E-state index contributed by atoms with van der Waals surface area (Å²) >= 11 is 4.79. The van der Waals surface area contributed by atoms with Gasteiger partial charge in [-0.3, -0.25) is 8.75 Å². The third kappa shape index (κ3) is 2.13. The SMILES string of the molecule is COc1cc(C(C)C)c2c(=O)n(CBr)sc2c1. The largest absolute Gasteiger partial charge is 0.497 e. The maximum atomic E-state index is 12.2. The molecule has 1 aromatic heterocycles. The van der Waals surface area contributed by atoms with E-state index in [-0.39, 0.29) is 5.56 Å². The van der Waals surface area contributed by atoms with Crippen LogP contribution < -0.4 is 10.3 Å². The Balaban J connectivity index is 2.84. The van der Waals surface area contributed by atoms with Crippen molar-refractivity contribution in [3.63, 3.8) is 0 Å². The van der Waals surface area contributed by atoms with E-state index in [0.717, 1.165) is 21.4 Å². The number of aromatic nitrogens is 1. The van der Waals surface area contributed by atoms with Gasteiger partial charge in [0.15, 0.2) is 0 Å². The van der Waals surface area contributed by atoms with Gasteiger partial charge in [-0.05, 0) is 23.6 Å². The van der Waals surface area contributed by atoms with Gasteiger partial charge >= 0.3 is 0 Å². The van der Waals surface area contributed by atoms with Gasteiger partial charge in [-0.25, -0.2) is 0 Å². The normalized spacial score (nSPS) is 11.4. The lowest BCUT2D eigenvalue weighted by atomic mass is 9.99. The highest BCUT2D eigenvalue weighted by atomic mass is 79.9. The highest BCUT2D eigenvalue weighted by molar-refractivity contribution is 9.08. The second-order valence-corrected chi connectivity index (χ2v) is 5.70. The number of hydrogen-bond donors (Lipinski definition) is 0. The summed E-state index contributed by atoms with van der Waals surface area (Å²) in [5.74, 6) is 1.11. The number of rotatable bonds is 3. The number of ether oxygens (including phenoxy) is 1. The van der Waals surface area contributed by atoms with E-state index in [1.165, 1.54) is 11.5 Å². The molecule has 0 N–H and O–H groups in total. The quantitative estimate of drug-likeness (QED) is 0.811. The van der Waals surface area contributed by atoms with E-state index in [0.29, 0.717) is 11.4 Å². The molecule has 0 atom stereocenters. The van der Waals surface area contributed by atoms with Crippen LogP contribution in [-0.2, 0) is 5.45 Å². The van der Waals surface area contributed by atoms with Crippen molar-refractivity contribution in [3.05, 3.63) is 28.0 Å². The summed E-state index contributed by atoms with van der Waals surface area (Å²) in [4.78, 5) is 12.2. The number of benzene rings is 1. The monoisotopic (exact) mass is 315 g/mol. The van der Waals surface area contributed by atoms with Gasteiger partial charge in [-0.15, -0.1) is 0 Å². The standard InChI is InChI=1S/C12H14BrNO2S/c1-7(2)9-4-8(16-3)5-10-11(9)12(15)14(6-13)17-10/h4-5,7H,6H2,1-3H3. The Bertz CT molecular complexity index is 600. The molecule has 0 radical (unpaired) electrons. The van der Waals surface area contributed by atoms with Crippen molar-refractivity contribution in [2.45, 2.75) is 25.2 Å². The molecule has 92 valence electrons. The van der Waals surface area contributed by atoms with E-state index in [1.807, 2.05) is 12.1 Å². The predicted molar refractivity (Wildman–Crippen MR) is 75.7 cm³/mol. The number of alkyl halides is 1. The van der Waals surface area contributed by atoms with Gasteiger partial charge in [0.05, 0.1) is 22.6 Å². The van der Waals surface area contributed by atoms with E-state index in [9.17, 15) is 4.79 Å². The molecular formula is C12H14BrNO2S. The highest BCUT2D eigenvalue weighted by Crippen LogP contribution is 2.31. The summed E-state index contributed by atoms with van der Waals surface area (Å²) in [6.45, 7) is 4.17. The molecule has 1 heterocycles. The molecule has 0 amide bonds. The molecule has 0 unspecified atom stereocenters. The first-order chi connectivity index (χ1) is 8.08. The van der Waals surface area contributed by atoms with Gasteiger partial charge in [0.2, 0.25) is 0 Å². The van der Waals surface area contributed by atoms with E-state index in [1.54, 1.807) is 11.1 Å². The minimum absolute atomic E-state index is 0.0771. The van der Waals surface area contributed by atoms with Crippen LogP contribution in [-0.4, -0.2) is 11.1 Å². The molecule has 0 spiro atoms. The Morgan fingerprint density at radius 1 is 1.47 bits per heavy atom. The van der Waals surface area contributed by atoms with Crippen molar-refractivity contribution in [2.24, 2.45) is 0 Å². The lowest BCUT2D eigenvalue weighted by Gasteiger charge is -2.08. The fourth-order valence-electron chi connectivity index (χ4n) is 1.85. The fraction of sp³-hybridized carbons (Fsp3) is 0.417. The molecule has 0 fully saturated rings. The number of hydrogen-bond acceptors (Lipinski definition) is 3. The Labute approximate surface area is 112 Å². The van der Waals surface area contributed by atoms with Gasteiger partial charge in [0, 0.05) is 0 Å². The Morgan fingerprint density at radius 2 is 2.18 bits per heavy atom. The van der Waals surface area contributed by atoms with Crippen molar-refractivity contribution >= 4 is 37.5 Å². The van der Waals surface area contributed by atoms with E-state index >= 15 is 0 Å². The number of fused-ring (bicyclic) bond motifs is 1. The first kappa shape index (κ1) is 12.6. The maximum Gasteiger partial charge on any atom is 0.269 e. The maximum absolute atomic E-state index is 12.2. The Morgan fingerprint density at radius 3 is 2.71 bits per heavy atom. The number of methoxy groups -OCH3 is 1. The van der Waals surface area contributed by atoms with Crippen LogP contribution in [0.5, 0.6) is 5.75 Å². The van der Waals surface area contributed by atoms with E-state index in [2.05, 4.69) is 29.8 Å². The van der Waals surface area contributed by atoms with Crippen LogP contribution in [0, 0.1) is 0 Å². The molecule has 0 aliphatic rings. The third-order valence-corrected chi connectivity index (χ3v) is 4.59. The summed E-state index contributed by atoms with van der Waals surface area (Å²) in [6.07, 6.45) is 0. The average molecular weight is 316 g/mol. The highest BCUT2D eigenvalue weighted by Gasteiger charge is 2.15. The summed E-state index contributed by atoms with van der Waals surface area (Å²) in [5, 5.41) is 0.824. The van der Waals surface area contributed by atoms with Gasteiger partial charge in [0.1, 0.15) is 5.75 Å². The summed E-state index contributed by atoms with van der Waals surface area (Å²) < 4.78 is 7.97. The first-order valence-electron chi connectivity index (χ1n) is 5.36. The number of halogens is 1. The van der Waals surface area contributed by atoms with Crippen molar-refractivity contribution in [3.8, 4) is 5.75 Å². The molecule has 2 aromatic rings. The second-order valence-electron chi connectivity index (χ2n) is 4.14. The molecule has 0 aliphatic carbocycles. The molecule has 1 aromatic carbocycles. The van der Waals surface area contributed by atoms with Crippen LogP contribution in [0.3, 0.4) is 0 Å². The summed E-state index contributed by atoms with van der Waals surface area (Å²) in [5.41, 5.74) is 1.67. The van der Waals surface area contributed by atoms with Gasteiger partial charge in [-0.1, -0.05) is 41.3 Å². The van der Waals surface area contributed by atoms with Crippen molar-refractivity contribution in [1.82, 2.24) is 3.96 Å². The molecule has 0 bridgehead atoms. The lowest BCUT2D eigenvalue weighted by Crippen LogP contribution is -2.11. The number of nitrogens with zero attached hydrogens (tertiary/aromatic N) is 1.